The molecule has 0 aromatic rings. The van der Waals surface area contributed by atoms with E-state index in [0.717, 1.165) is 141 Å². The first-order chi connectivity index (χ1) is 47.7. The molecule has 0 heterocycles. The van der Waals surface area contributed by atoms with Crippen LogP contribution >= 0.6 is 15.6 Å². The number of rotatable bonds is 73. The fourth-order valence-electron chi connectivity index (χ4n) is 10.5. The molecule has 98 heavy (non-hydrogen) atoms. The first-order valence-electron chi connectivity index (χ1n) is 38.8. The second-order valence-electron chi connectivity index (χ2n) is 25.9. The smallest absolute Gasteiger partial charge is 0.462 e. The number of phosphoric acid groups is 2. The molecule has 0 bridgehead atoms. The van der Waals surface area contributed by atoms with Crippen LogP contribution in [0.4, 0.5) is 0 Å². The lowest BCUT2D eigenvalue weighted by Gasteiger charge is -2.21. The van der Waals surface area contributed by atoms with E-state index in [1.54, 1.807) is 0 Å². The first kappa shape index (κ1) is 94.2. The molecule has 3 N–H and O–H groups in total. The number of aliphatic hydroxyl groups excluding tert-OH is 1. The summed E-state index contributed by atoms with van der Waals surface area (Å²) < 4.78 is 68.4. The van der Waals surface area contributed by atoms with Crippen molar-refractivity contribution in [2.75, 3.05) is 39.6 Å². The van der Waals surface area contributed by atoms with Crippen molar-refractivity contribution in [1.29, 1.82) is 0 Å². The Labute approximate surface area is 595 Å². The van der Waals surface area contributed by atoms with Gasteiger partial charge in [0.25, 0.3) is 0 Å². The molecule has 0 aliphatic carbocycles. The molecule has 0 radical (unpaired) electrons. The molecule has 17 nitrogen and oxygen atoms in total. The van der Waals surface area contributed by atoms with Crippen LogP contribution in [0.5, 0.6) is 0 Å². The molecule has 0 saturated carbocycles. The first-order valence-corrected chi connectivity index (χ1v) is 41.8. The number of phosphoric ester groups is 2. The summed E-state index contributed by atoms with van der Waals surface area (Å²) in [6.45, 7) is 4.71. The third-order valence-electron chi connectivity index (χ3n) is 16.4. The summed E-state index contributed by atoms with van der Waals surface area (Å²) in [6, 6.07) is 0. The average molecular weight is 1420 g/mol. The molecular weight excluding hydrogens is 1280 g/mol. The maximum atomic E-state index is 13.1. The van der Waals surface area contributed by atoms with Gasteiger partial charge in [0.1, 0.15) is 19.3 Å². The minimum atomic E-state index is -4.98. The average Bonchev–Trinajstić information content (AvgIpc) is 0.992. The van der Waals surface area contributed by atoms with Crippen molar-refractivity contribution in [2.45, 2.75) is 354 Å². The Morgan fingerprint density at radius 1 is 0.296 bits per heavy atom. The molecule has 5 atom stereocenters. The highest BCUT2D eigenvalue weighted by Crippen LogP contribution is 2.45. The monoisotopic (exact) mass is 1420 g/mol. The largest absolute Gasteiger partial charge is 0.472 e. The van der Waals surface area contributed by atoms with Crippen LogP contribution in [0.3, 0.4) is 0 Å². The van der Waals surface area contributed by atoms with Gasteiger partial charge in [0, 0.05) is 25.7 Å². The van der Waals surface area contributed by atoms with E-state index in [2.05, 4.69) is 113 Å². The number of esters is 4. The molecule has 5 unspecified atom stereocenters. The SMILES string of the molecule is CC/C=C\C/C=C\C/C=C\C/C=C\C/C=C\CCCCCC(=O)OCC(COP(=O)(O)OCC(O)COP(=O)(O)OCC(COC(=O)CCCCCCCCCCCCCCC)OC(=O)CCCCCCCCCCCCC)OC(=O)CCCCCCC/C=C\C/C=C\CCCCC. The minimum Gasteiger partial charge on any atom is -0.462 e. The quantitative estimate of drug-likeness (QED) is 0.0169. The summed E-state index contributed by atoms with van der Waals surface area (Å²) in [5.41, 5.74) is 0. The van der Waals surface area contributed by atoms with E-state index in [0.29, 0.717) is 25.7 Å². The zero-order valence-corrected chi connectivity index (χ0v) is 63.7. The maximum Gasteiger partial charge on any atom is 0.472 e. The minimum absolute atomic E-state index is 0.0725. The molecule has 0 aromatic carbocycles. The van der Waals surface area contributed by atoms with E-state index in [1.807, 2.05) is 0 Å². The van der Waals surface area contributed by atoms with E-state index >= 15 is 0 Å². The molecular formula is C79H140O17P2. The number of carbonyl (C=O) groups excluding carboxylic acids is 4. The molecule has 0 amide bonds. The van der Waals surface area contributed by atoms with E-state index < -0.39 is 97.5 Å². The second kappa shape index (κ2) is 71.6. The molecule has 0 rings (SSSR count). The summed E-state index contributed by atoms with van der Waals surface area (Å²) in [7, 11) is -9.95. The highest BCUT2D eigenvalue weighted by atomic mass is 31.2. The van der Waals surface area contributed by atoms with Gasteiger partial charge in [-0.2, -0.15) is 0 Å². The van der Waals surface area contributed by atoms with Gasteiger partial charge in [-0.25, -0.2) is 9.13 Å². The Bertz CT molecular complexity index is 2190. The Kier molecular flexibility index (Phi) is 68.9. The van der Waals surface area contributed by atoms with Crippen molar-refractivity contribution in [3.05, 3.63) is 85.1 Å². The van der Waals surface area contributed by atoms with E-state index in [1.165, 1.54) is 116 Å². The lowest BCUT2D eigenvalue weighted by Crippen LogP contribution is -2.30. The van der Waals surface area contributed by atoms with Crippen LogP contribution < -0.4 is 0 Å². The number of hydrogen-bond donors (Lipinski definition) is 3. The van der Waals surface area contributed by atoms with Crippen LogP contribution in [-0.2, 0) is 65.4 Å². The highest BCUT2D eigenvalue weighted by molar-refractivity contribution is 7.47. The number of carbonyl (C=O) groups is 4. The third kappa shape index (κ3) is 70.7. The molecule has 0 aliphatic heterocycles. The van der Waals surface area contributed by atoms with Crippen molar-refractivity contribution in [3.8, 4) is 0 Å². The normalized spacial score (nSPS) is 14.4. The molecule has 0 saturated heterocycles. The van der Waals surface area contributed by atoms with Crippen LogP contribution in [0.25, 0.3) is 0 Å². The summed E-state index contributed by atoms with van der Waals surface area (Å²) in [5.74, 6) is -2.20. The molecule has 0 aliphatic rings. The Balaban J connectivity index is 5.35. The van der Waals surface area contributed by atoms with Gasteiger partial charge < -0.3 is 33.8 Å². The fourth-order valence-corrected chi connectivity index (χ4v) is 12.0. The second-order valence-corrected chi connectivity index (χ2v) is 28.8. The zero-order chi connectivity index (χ0) is 71.8. The Morgan fingerprint density at radius 2 is 0.531 bits per heavy atom. The van der Waals surface area contributed by atoms with E-state index in [-0.39, 0.29) is 25.7 Å². The maximum absolute atomic E-state index is 13.1. The molecule has 0 fully saturated rings. The number of aliphatic hydroxyl groups is 1. The lowest BCUT2D eigenvalue weighted by molar-refractivity contribution is -0.161. The van der Waals surface area contributed by atoms with Gasteiger partial charge in [0.15, 0.2) is 12.2 Å². The van der Waals surface area contributed by atoms with E-state index in [9.17, 15) is 43.2 Å². The van der Waals surface area contributed by atoms with Gasteiger partial charge in [-0.1, -0.05) is 293 Å². The summed E-state index contributed by atoms with van der Waals surface area (Å²) in [5, 5.41) is 10.6. The van der Waals surface area contributed by atoms with Crippen molar-refractivity contribution in [2.24, 2.45) is 0 Å². The Hall–Kier alpha value is -3.76. The number of ether oxygens (including phenoxy) is 4. The van der Waals surface area contributed by atoms with Crippen molar-refractivity contribution >= 4 is 39.5 Å². The van der Waals surface area contributed by atoms with Gasteiger partial charge in [-0.05, 0) is 103 Å². The fraction of sp³-hybridized carbons (Fsp3) is 0.772. The highest BCUT2D eigenvalue weighted by Gasteiger charge is 2.30. The van der Waals surface area contributed by atoms with Crippen LogP contribution in [-0.4, -0.2) is 96.7 Å². The number of unbranched alkanes of at least 4 members (excludes halogenated alkanes) is 33. The van der Waals surface area contributed by atoms with Crippen LogP contribution in [0, 0.1) is 0 Å². The van der Waals surface area contributed by atoms with Crippen molar-refractivity contribution in [1.82, 2.24) is 0 Å². The number of hydrogen-bond acceptors (Lipinski definition) is 15. The third-order valence-corrected chi connectivity index (χ3v) is 18.3. The zero-order valence-electron chi connectivity index (χ0n) is 62.0. The van der Waals surface area contributed by atoms with Gasteiger partial charge in [-0.15, -0.1) is 0 Å². The van der Waals surface area contributed by atoms with Crippen LogP contribution in [0.1, 0.15) is 336 Å². The standard InChI is InChI=1S/C79H140O17P2/c1-5-9-13-17-21-25-29-32-34-35-36-37-39-41-45-48-52-56-60-64-77(82)90-70-75(96-79(84)66-62-58-54-50-46-42-38-33-30-26-22-18-14-10-6-2)72-94-98(87,88)92-68-73(80)67-91-97(85,86)93-71-74(95-78(83)65-61-57-53-49-43-28-24-20-16-12-8-4)69-89-76(81)63-59-55-51-47-44-40-31-27-23-19-15-11-7-3/h9,13,21-22,25-26,32-34,36-38,41,45,73-75,80H,5-8,10-12,14-20,23-24,27-31,35,39-40,42-44,46-72H2,1-4H3,(H,85,86)(H,87,88)/b13-9-,25-21-,26-22-,34-32-,37-36-,38-33-,45-41-. The van der Waals surface area contributed by atoms with Crippen LogP contribution in [0.15, 0.2) is 85.1 Å². The lowest BCUT2D eigenvalue weighted by atomic mass is 10.0. The predicted octanol–water partition coefficient (Wildman–Crippen LogP) is 22.2. The van der Waals surface area contributed by atoms with Crippen molar-refractivity contribution < 1.29 is 80.2 Å². The summed E-state index contributed by atoms with van der Waals surface area (Å²) >= 11 is 0. The molecule has 0 aromatic heterocycles. The van der Waals surface area contributed by atoms with Gasteiger partial charge in [0.2, 0.25) is 0 Å². The number of allylic oxidation sites excluding steroid dienone is 14. The van der Waals surface area contributed by atoms with Gasteiger partial charge in [-0.3, -0.25) is 37.3 Å². The summed E-state index contributed by atoms with van der Waals surface area (Å²) in [4.78, 5) is 72.8. The molecule has 568 valence electrons. The van der Waals surface area contributed by atoms with Crippen LogP contribution in [0.2, 0.25) is 0 Å². The predicted molar refractivity (Wildman–Crippen MR) is 399 cm³/mol. The van der Waals surface area contributed by atoms with Gasteiger partial charge >= 0.3 is 39.5 Å². The Morgan fingerprint density at radius 3 is 0.847 bits per heavy atom. The molecule has 0 spiro atoms. The summed E-state index contributed by atoms with van der Waals surface area (Å²) in [6.07, 6.45) is 72.8. The molecule has 19 heteroatoms. The van der Waals surface area contributed by atoms with Gasteiger partial charge in [0.05, 0.1) is 26.4 Å². The van der Waals surface area contributed by atoms with E-state index in [4.69, 9.17) is 37.0 Å². The van der Waals surface area contributed by atoms with Crippen molar-refractivity contribution in [3.63, 3.8) is 0 Å². The topological polar surface area (TPSA) is 237 Å².